The summed E-state index contributed by atoms with van der Waals surface area (Å²) >= 11 is 0. The zero-order valence-electron chi connectivity index (χ0n) is 7.99. The van der Waals surface area contributed by atoms with Crippen LogP contribution in [-0.4, -0.2) is 12.9 Å². The van der Waals surface area contributed by atoms with Crippen molar-refractivity contribution in [2.75, 3.05) is 7.11 Å². The summed E-state index contributed by atoms with van der Waals surface area (Å²) < 4.78 is 5.06. The predicted octanol–water partition coefficient (Wildman–Crippen LogP) is 2.74. The zero-order chi connectivity index (χ0) is 9.52. The third kappa shape index (κ3) is 3.24. The van der Waals surface area contributed by atoms with Gasteiger partial charge in [-0.3, -0.25) is 4.42 Å². The molecule has 0 aliphatic heterocycles. The van der Waals surface area contributed by atoms with Crippen LogP contribution in [0.2, 0.25) is 0 Å². The first kappa shape index (κ1) is 9.72. The van der Waals surface area contributed by atoms with Crippen LogP contribution in [0.4, 0.5) is 0 Å². The van der Waals surface area contributed by atoms with Crippen molar-refractivity contribution < 1.29 is 4.42 Å². The van der Waals surface area contributed by atoms with E-state index in [9.17, 15) is 0 Å². The Balaban J connectivity index is 2.53. The fraction of sp³-hybridized carbons (Fsp3) is 0.250. The van der Waals surface area contributed by atoms with Gasteiger partial charge in [-0.05, 0) is 30.6 Å². The second-order valence-corrected chi connectivity index (χ2v) is 2.84. The standard InChI is InChI=1S/C12H15O/c1-3-4-5-6-11-7-9-12(13-2)10-8-11/h3,6-10H,1,4-5H2,2H3/q+1. The minimum atomic E-state index is 0.904. The molecule has 68 valence electrons. The molecule has 0 aromatic heterocycles. The van der Waals surface area contributed by atoms with Crippen LogP contribution in [0, 0.1) is 0 Å². The first-order chi connectivity index (χ1) is 6.36. The number of allylic oxidation sites excluding steroid dienone is 7. The number of carbonyl (C=O) groups excluding carboxylic acids is 1. The number of hydrogen-bond donors (Lipinski definition) is 0. The van der Waals surface area contributed by atoms with Crippen LogP contribution in [0.3, 0.4) is 0 Å². The maximum Gasteiger partial charge on any atom is 0.343 e. The minimum absolute atomic E-state index is 0.904. The Morgan fingerprint density at radius 3 is 2.46 bits per heavy atom. The Hall–Kier alpha value is -1.37. The lowest BCUT2D eigenvalue weighted by Crippen LogP contribution is -1.95. The van der Waals surface area contributed by atoms with Gasteiger partial charge in [0.05, 0.1) is 0 Å². The van der Waals surface area contributed by atoms with E-state index in [0.29, 0.717) is 0 Å². The Morgan fingerprint density at radius 2 is 1.92 bits per heavy atom. The monoisotopic (exact) mass is 175 g/mol. The van der Waals surface area contributed by atoms with E-state index < -0.39 is 0 Å². The number of ketones is 1. The molecule has 0 spiro atoms. The topological polar surface area (TPSA) is 11.3 Å². The lowest BCUT2D eigenvalue weighted by molar-refractivity contribution is -0.417. The molecular formula is C12H15O+. The molecule has 0 amide bonds. The quantitative estimate of drug-likeness (QED) is 0.355. The molecule has 0 radical (unpaired) electrons. The van der Waals surface area contributed by atoms with E-state index in [1.165, 1.54) is 5.57 Å². The van der Waals surface area contributed by atoms with Gasteiger partial charge in [0.2, 0.25) is 0 Å². The third-order valence-electron chi connectivity index (χ3n) is 1.87. The van der Waals surface area contributed by atoms with E-state index in [-0.39, 0.29) is 0 Å². The molecule has 1 rings (SSSR count). The van der Waals surface area contributed by atoms with Crippen molar-refractivity contribution in [1.82, 2.24) is 0 Å². The van der Waals surface area contributed by atoms with E-state index in [2.05, 4.69) is 24.8 Å². The van der Waals surface area contributed by atoms with Gasteiger partial charge in [0.25, 0.3) is 7.11 Å². The first-order valence-corrected chi connectivity index (χ1v) is 4.45. The lowest BCUT2D eigenvalue weighted by Gasteiger charge is -1.96. The first-order valence-electron chi connectivity index (χ1n) is 4.45. The summed E-state index contributed by atoms with van der Waals surface area (Å²) in [6, 6.07) is 0. The number of unbranched alkanes of at least 4 members (excludes halogenated alkanes) is 1. The van der Waals surface area contributed by atoms with Gasteiger partial charge in [0, 0.05) is 12.2 Å². The molecule has 0 heterocycles. The summed E-state index contributed by atoms with van der Waals surface area (Å²) in [7, 11) is 1.68. The van der Waals surface area contributed by atoms with Gasteiger partial charge >= 0.3 is 5.78 Å². The molecule has 0 aromatic carbocycles. The molecule has 1 nitrogen and oxygen atoms in total. The van der Waals surface area contributed by atoms with Crippen LogP contribution in [-0.2, 0) is 4.42 Å². The van der Waals surface area contributed by atoms with Crippen molar-refractivity contribution in [3.05, 3.63) is 48.6 Å². The Labute approximate surface area is 79.5 Å². The summed E-state index contributed by atoms with van der Waals surface area (Å²) in [5, 5.41) is 0. The van der Waals surface area contributed by atoms with Gasteiger partial charge in [-0.2, -0.15) is 0 Å². The summed E-state index contributed by atoms with van der Waals surface area (Å²) in [5.41, 5.74) is 1.24. The Bertz CT molecular complexity index is 272. The summed E-state index contributed by atoms with van der Waals surface area (Å²) in [5.74, 6) is 0.904. The van der Waals surface area contributed by atoms with Gasteiger partial charge in [0.15, 0.2) is 0 Å². The molecule has 0 N–H and O–H groups in total. The molecule has 0 aromatic rings. The molecule has 0 saturated heterocycles. The molecular weight excluding hydrogens is 160 g/mol. The van der Waals surface area contributed by atoms with Crippen LogP contribution in [0.25, 0.3) is 0 Å². The Morgan fingerprint density at radius 1 is 1.23 bits per heavy atom. The van der Waals surface area contributed by atoms with Crippen molar-refractivity contribution in [3.63, 3.8) is 0 Å². The number of rotatable bonds is 3. The minimum Gasteiger partial charge on any atom is -0.258 e. The van der Waals surface area contributed by atoms with Crippen LogP contribution < -0.4 is 0 Å². The average Bonchev–Trinajstić information content (AvgIpc) is 2.19. The van der Waals surface area contributed by atoms with Gasteiger partial charge in [-0.15, -0.1) is 6.58 Å². The van der Waals surface area contributed by atoms with Crippen LogP contribution >= 0.6 is 0 Å². The molecule has 0 bridgehead atoms. The lowest BCUT2D eigenvalue weighted by atomic mass is 10.1. The van der Waals surface area contributed by atoms with E-state index >= 15 is 0 Å². The highest BCUT2D eigenvalue weighted by atomic mass is 16.4. The number of hydrogen-bond acceptors (Lipinski definition) is 0. The van der Waals surface area contributed by atoms with Crippen molar-refractivity contribution in [3.8, 4) is 0 Å². The smallest absolute Gasteiger partial charge is 0.258 e. The summed E-state index contributed by atoms with van der Waals surface area (Å²) in [6.45, 7) is 3.68. The van der Waals surface area contributed by atoms with Crippen molar-refractivity contribution in [1.29, 1.82) is 0 Å². The van der Waals surface area contributed by atoms with Crippen LogP contribution in [0.15, 0.2) is 48.6 Å². The van der Waals surface area contributed by atoms with Gasteiger partial charge in [-0.25, -0.2) is 0 Å². The molecule has 0 fully saturated rings. The fourth-order valence-electron chi connectivity index (χ4n) is 1.11. The summed E-state index contributed by atoms with van der Waals surface area (Å²) in [4.78, 5) is 0. The molecule has 13 heavy (non-hydrogen) atoms. The van der Waals surface area contributed by atoms with E-state index in [1.807, 2.05) is 18.2 Å². The van der Waals surface area contributed by atoms with Gasteiger partial charge in [0.1, 0.15) is 0 Å². The maximum atomic E-state index is 5.06. The van der Waals surface area contributed by atoms with Crippen LogP contribution in [0.1, 0.15) is 12.8 Å². The van der Waals surface area contributed by atoms with Gasteiger partial charge < -0.3 is 0 Å². The van der Waals surface area contributed by atoms with Crippen molar-refractivity contribution >= 4 is 5.78 Å². The van der Waals surface area contributed by atoms with Crippen molar-refractivity contribution in [2.24, 2.45) is 0 Å². The fourth-order valence-corrected chi connectivity index (χ4v) is 1.11. The highest BCUT2D eigenvalue weighted by molar-refractivity contribution is 6.01. The van der Waals surface area contributed by atoms with Crippen molar-refractivity contribution in [2.45, 2.75) is 12.8 Å². The predicted molar refractivity (Wildman–Crippen MR) is 56.7 cm³/mol. The molecule has 0 unspecified atom stereocenters. The Kier molecular flexibility index (Phi) is 3.97. The zero-order valence-corrected chi connectivity index (χ0v) is 7.99. The maximum absolute atomic E-state index is 5.06. The highest BCUT2D eigenvalue weighted by Crippen LogP contribution is 2.08. The summed E-state index contributed by atoms with van der Waals surface area (Å²) in [6.07, 6.45) is 14.3. The van der Waals surface area contributed by atoms with E-state index in [1.54, 1.807) is 7.11 Å². The SMILES string of the molecule is C=CCCC=C1C=CC(=[O+]C)C=C1. The normalized spacial score (nSPS) is 14.5. The second-order valence-electron chi connectivity index (χ2n) is 2.84. The molecule has 0 atom stereocenters. The van der Waals surface area contributed by atoms with Gasteiger partial charge in [-0.1, -0.05) is 12.2 Å². The molecule has 1 aliphatic carbocycles. The largest absolute Gasteiger partial charge is 0.343 e. The third-order valence-corrected chi connectivity index (χ3v) is 1.87. The van der Waals surface area contributed by atoms with E-state index in [0.717, 1.165) is 18.6 Å². The molecule has 1 heteroatoms. The highest BCUT2D eigenvalue weighted by Gasteiger charge is 2.04. The average molecular weight is 175 g/mol. The van der Waals surface area contributed by atoms with Crippen LogP contribution in [0.5, 0.6) is 0 Å². The van der Waals surface area contributed by atoms with E-state index in [4.69, 9.17) is 4.42 Å². The molecule has 1 aliphatic rings. The molecule has 0 saturated carbocycles. The second kappa shape index (κ2) is 5.31.